The number of benzene rings is 2. The van der Waals surface area contributed by atoms with Crippen molar-refractivity contribution in [1.29, 1.82) is 0 Å². The van der Waals surface area contributed by atoms with Crippen LogP contribution in [0.25, 0.3) is 10.9 Å². The van der Waals surface area contributed by atoms with Gasteiger partial charge in [0.15, 0.2) is 0 Å². The van der Waals surface area contributed by atoms with Gasteiger partial charge in [-0.3, -0.25) is 4.79 Å². The van der Waals surface area contributed by atoms with Crippen molar-refractivity contribution in [2.24, 2.45) is 5.73 Å². The molecule has 24 heavy (non-hydrogen) atoms. The number of aromatic nitrogens is 1. The molecule has 0 saturated heterocycles. The highest BCUT2D eigenvalue weighted by Gasteiger charge is 2.16. The summed E-state index contributed by atoms with van der Waals surface area (Å²) in [5, 5.41) is 1.02. The molecule has 3 rings (SSSR count). The average Bonchev–Trinajstić information content (AvgIpc) is 2.81. The largest absolute Gasteiger partial charge is 0.497 e. The first-order valence-corrected chi connectivity index (χ1v) is 8.47. The van der Waals surface area contributed by atoms with Crippen molar-refractivity contribution < 1.29 is 9.53 Å². The van der Waals surface area contributed by atoms with Gasteiger partial charge in [0.2, 0.25) is 5.91 Å². The van der Waals surface area contributed by atoms with Gasteiger partial charge in [-0.25, -0.2) is 0 Å². The molecule has 0 aliphatic carbocycles. The number of carbonyl (C=O) groups is 1. The molecule has 124 valence electrons. The normalized spacial score (nSPS) is 11.0. The Labute approximate surface area is 149 Å². The first kappa shape index (κ1) is 16.6. The van der Waals surface area contributed by atoms with Crippen molar-refractivity contribution in [3.8, 4) is 5.75 Å². The van der Waals surface area contributed by atoms with E-state index in [1.165, 1.54) is 5.56 Å². The molecule has 4 nitrogen and oxygen atoms in total. The number of methoxy groups -OCH3 is 1. The van der Waals surface area contributed by atoms with Gasteiger partial charge in [-0.05, 0) is 48.4 Å². The van der Waals surface area contributed by atoms with Crippen LogP contribution in [0.4, 0.5) is 0 Å². The molecule has 0 aliphatic heterocycles. The van der Waals surface area contributed by atoms with E-state index in [2.05, 4.69) is 32.6 Å². The van der Waals surface area contributed by atoms with E-state index in [9.17, 15) is 4.79 Å². The fourth-order valence-corrected chi connectivity index (χ4v) is 3.30. The van der Waals surface area contributed by atoms with E-state index in [0.717, 1.165) is 38.9 Å². The maximum absolute atomic E-state index is 11.5. The van der Waals surface area contributed by atoms with E-state index in [-0.39, 0.29) is 12.3 Å². The predicted octanol–water partition coefficient (Wildman–Crippen LogP) is 3.80. The van der Waals surface area contributed by atoms with E-state index in [1.54, 1.807) is 7.11 Å². The van der Waals surface area contributed by atoms with Crippen LogP contribution in [0.5, 0.6) is 5.75 Å². The fraction of sp³-hybridized carbons (Fsp3) is 0.211. The Hall–Kier alpha value is -2.27. The van der Waals surface area contributed by atoms with E-state index in [1.807, 2.05) is 37.3 Å². The van der Waals surface area contributed by atoms with Crippen LogP contribution < -0.4 is 10.5 Å². The lowest BCUT2D eigenvalue weighted by atomic mass is 10.1. The summed E-state index contributed by atoms with van der Waals surface area (Å²) in [5.41, 5.74) is 9.74. The molecule has 5 heteroatoms. The van der Waals surface area contributed by atoms with Crippen molar-refractivity contribution >= 4 is 32.7 Å². The third kappa shape index (κ3) is 3.17. The number of hydrogen-bond acceptors (Lipinski definition) is 2. The third-order valence-corrected chi connectivity index (χ3v) is 4.79. The summed E-state index contributed by atoms with van der Waals surface area (Å²) < 4.78 is 8.61. The Bertz CT molecular complexity index is 898. The van der Waals surface area contributed by atoms with Gasteiger partial charge in [0.05, 0.1) is 13.5 Å². The monoisotopic (exact) mass is 386 g/mol. The number of nitrogens with two attached hydrogens (primary N) is 1. The first-order valence-electron chi connectivity index (χ1n) is 7.68. The summed E-state index contributed by atoms with van der Waals surface area (Å²) in [6.45, 7) is 2.77. The maximum Gasteiger partial charge on any atom is 0.221 e. The summed E-state index contributed by atoms with van der Waals surface area (Å²) in [5.74, 6) is 0.442. The number of halogens is 1. The second-order valence-corrected chi connectivity index (χ2v) is 6.72. The Morgan fingerprint density at radius 3 is 2.54 bits per heavy atom. The summed E-state index contributed by atoms with van der Waals surface area (Å²) in [4.78, 5) is 11.5. The fourth-order valence-electron chi connectivity index (χ4n) is 3.03. The van der Waals surface area contributed by atoms with Gasteiger partial charge in [0, 0.05) is 27.6 Å². The zero-order valence-electron chi connectivity index (χ0n) is 13.7. The van der Waals surface area contributed by atoms with Gasteiger partial charge >= 0.3 is 0 Å². The minimum Gasteiger partial charge on any atom is -0.497 e. The molecule has 1 amide bonds. The SMILES string of the molecule is COc1ccc2c(c1)c(CC(N)=O)c(C)n2Cc1ccc(Br)cc1. The predicted molar refractivity (Wildman–Crippen MR) is 99.4 cm³/mol. The number of primary amides is 1. The second kappa shape index (κ2) is 6.69. The molecule has 3 aromatic rings. The molecular weight excluding hydrogens is 368 g/mol. The lowest BCUT2D eigenvalue weighted by Gasteiger charge is -2.09. The van der Waals surface area contributed by atoms with Crippen molar-refractivity contribution in [3.05, 3.63) is 63.8 Å². The van der Waals surface area contributed by atoms with Crippen molar-refractivity contribution in [2.75, 3.05) is 7.11 Å². The minimum absolute atomic E-state index is 0.225. The van der Waals surface area contributed by atoms with Crippen LogP contribution in [0, 0.1) is 6.92 Å². The Balaban J connectivity index is 2.14. The number of amides is 1. The van der Waals surface area contributed by atoms with Crippen molar-refractivity contribution in [1.82, 2.24) is 4.57 Å². The van der Waals surface area contributed by atoms with Crippen LogP contribution in [0.3, 0.4) is 0 Å². The van der Waals surface area contributed by atoms with Crippen LogP contribution in [-0.4, -0.2) is 17.6 Å². The molecule has 2 aromatic carbocycles. The first-order chi connectivity index (χ1) is 11.5. The maximum atomic E-state index is 11.5. The average molecular weight is 387 g/mol. The second-order valence-electron chi connectivity index (χ2n) is 5.80. The number of ether oxygens (including phenoxy) is 1. The molecular formula is C19H19BrN2O2. The Kier molecular flexibility index (Phi) is 4.62. The number of hydrogen-bond donors (Lipinski definition) is 1. The number of nitrogens with zero attached hydrogens (tertiary/aromatic N) is 1. The summed E-state index contributed by atoms with van der Waals surface area (Å²) in [7, 11) is 1.64. The smallest absolute Gasteiger partial charge is 0.221 e. The topological polar surface area (TPSA) is 57.2 Å². The summed E-state index contributed by atoms with van der Waals surface area (Å²) >= 11 is 3.46. The summed E-state index contributed by atoms with van der Waals surface area (Å²) in [6, 6.07) is 14.2. The van der Waals surface area contributed by atoms with Crippen LogP contribution in [-0.2, 0) is 17.8 Å². The van der Waals surface area contributed by atoms with Crippen LogP contribution in [0.15, 0.2) is 46.9 Å². The standard InChI is InChI=1S/C19H19BrN2O2/c1-12-16(10-19(21)23)17-9-15(24-2)7-8-18(17)22(12)11-13-3-5-14(20)6-4-13/h3-9H,10-11H2,1-2H3,(H2,21,23). The molecule has 1 aromatic heterocycles. The lowest BCUT2D eigenvalue weighted by molar-refractivity contribution is -0.117. The van der Waals surface area contributed by atoms with Gasteiger partial charge in [-0.1, -0.05) is 28.1 Å². The van der Waals surface area contributed by atoms with Crippen molar-refractivity contribution in [2.45, 2.75) is 19.9 Å². The van der Waals surface area contributed by atoms with Gasteiger partial charge < -0.3 is 15.0 Å². The van der Waals surface area contributed by atoms with Gasteiger partial charge in [-0.2, -0.15) is 0 Å². The van der Waals surface area contributed by atoms with Gasteiger partial charge in [0.25, 0.3) is 0 Å². The summed E-state index contributed by atoms with van der Waals surface area (Å²) in [6.07, 6.45) is 0.225. The molecule has 0 radical (unpaired) electrons. The minimum atomic E-state index is -0.330. The molecule has 0 unspecified atom stereocenters. The zero-order chi connectivity index (χ0) is 17.3. The third-order valence-electron chi connectivity index (χ3n) is 4.27. The van der Waals surface area contributed by atoms with Gasteiger partial charge in [0.1, 0.15) is 5.75 Å². The number of fused-ring (bicyclic) bond motifs is 1. The van der Waals surface area contributed by atoms with Crippen LogP contribution >= 0.6 is 15.9 Å². The molecule has 1 heterocycles. The molecule has 0 saturated carbocycles. The lowest BCUT2D eigenvalue weighted by Crippen LogP contribution is -2.14. The molecule has 0 aliphatic rings. The highest BCUT2D eigenvalue weighted by molar-refractivity contribution is 9.10. The Morgan fingerprint density at radius 2 is 1.92 bits per heavy atom. The molecule has 0 atom stereocenters. The quantitative estimate of drug-likeness (QED) is 0.724. The number of rotatable bonds is 5. The molecule has 0 spiro atoms. The van der Waals surface area contributed by atoms with E-state index < -0.39 is 0 Å². The van der Waals surface area contributed by atoms with Crippen LogP contribution in [0.1, 0.15) is 16.8 Å². The van der Waals surface area contributed by atoms with Crippen molar-refractivity contribution in [3.63, 3.8) is 0 Å². The van der Waals surface area contributed by atoms with Gasteiger partial charge in [-0.15, -0.1) is 0 Å². The van der Waals surface area contributed by atoms with E-state index in [0.29, 0.717) is 0 Å². The molecule has 2 N–H and O–H groups in total. The zero-order valence-corrected chi connectivity index (χ0v) is 15.3. The van der Waals surface area contributed by atoms with E-state index >= 15 is 0 Å². The molecule has 0 bridgehead atoms. The Morgan fingerprint density at radius 1 is 1.21 bits per heavy atom. The number of carbonyl (C=O) groups excluding carboxylic acids is 1. The van der Waals surface area contributed by atoms with Crippen LogP contribution in [0.2, 0.25) is 0 Å². The molecule has 0 fully saturated rings. The van der Waals surface area contributed by atoms with E-state index in [4.69, 9.17) is 10.5 Å². The highest BCUT2D eigenvalue weighted by atomic mass is 79.9. The highest BCUT2D eigenvalue weighted by Crippen LogP contribution is 2.30.